The molecule has 2 heterocycles. The Bertz CT molecular complexity index is 751. The van der Waals surface area contributed by atoms with Gasteiger partial charge in [-0.05, 0) is 50.0 Å². The predicted octanol–water partition coefficient (Wildman–Crippen LogP) is 3.20. The number of benzene rings is 1. The summed E-state index contributed by atoms with van der Waals surface area (Å²) < 4.78 is 0. The van der Waals surface area contributed by atoms with Gasteiger partial charge in [0, 0.05) is 31.4 Å². The topological polar surface area (TPSA) is 66.3 Å². The van der Waals surface area contributed by atoms with E-state index in [0.29, 0.717) is 24.6 Å². The summed E-state index contributed by atoms with van der Waals surface area (Å²) in [6, 6.07) is 10.3. The number of aryl methyl sites for hydroxylation is 1. The first-order valence-electron chi connectivity index (χ1n) is 10.0. The first kappa shape index (κ1) is 18.1. The Morgan fingerprint density at radius 3 is 2.37 bits per heavy atom. The second-order valence-electron chi connectivity index (χ2n) is 7.83. The van der Waals surface area contributed by atoms with Crippen LogP contribution in [0.1, 0.15) is 59.8 Å². The maximum Gasteiger partial charge on any atom is 0.256 e. The molecule has 0 bridgehead atoms. The summed E-state index contributed by atoms with van der Waals surface area (Å²) in [5, 5.41) is 10.5. The largest absolute Gasteiger partial charge is 0.393 e. The Kier molecular flexibility index (Phi) is 5.48. The molecule has 1 aromatic heterocycles. The molecule has 2 aromatic rings. The maximum atomic E-state index is 12.7. The first-order valence-corrected chi connectivity index (χ1v) is 10.0. The smallest absolute Gasteiger partial charge is 0.256 e. The molecule has 27 heavy (non-hydrogen) atoms. The van der Waals surface area contributed by atoms with Gasteiger partial charge in [0.1, 0.15) is 5.82 Å². The van der Waals surface area contributed by atoms with E-state index in [2.05, 4.69) is 22.1 Å². The van der Waals surface area contributed by atoms with Crippen LogP contribution in [0.3, 0.4) is 0 Å². The van der Waals surface area contributed by atoms with Gasteiger partial charge in [0.05, 0.1) is 11.7 Å². The van der Waals surface area contributed by atoms with E-state index in [1.54, 1.807) is 12.4 Å². The van der Waals surface area contributed by atoms with Crippen LogP contribution < -0.4 is 0 Å². The SMILES string of the molecule is O=C(c1cnc(C2CC2)nc1)N1CCC(C(O)CCc2ccccc2)CC1. The Morgan fingerprint density at radius 2 is 1.74 bits per heavy atom. The predicted molar refractivity (Wildman–Crippen MR) is 103 cm³/mol. The van der Waals surface area contributed by atoms with Gasteiger partial charge in [-0.3, -0.25) is 4.79 Å². The Hall–Kier alpha value is -2.27. The van der Waals surface area contributed by atoms with Crippen molar-refractivity contribution < 1.29 is 9.90 Å². The molecule has 0 radical (unpaired) electrons. The second-order valence-corrected chi connectivity index (χ2v) is 7.83. The number of hydrogen-bond acceptors (Lipinski definition) is 4. The number of hydrogen-bond donors (Lipinski definition) is 1. The maximum absolute atomic E-state index is 12.7. The van der Waals surface area contributed by atoms with Crippen molar-refractivity contribution in [3.63, 3.8) is 0 Å². The van der Waals surface area contributed by atoms with Gasteiger partial charge in [-0.1, -0.05) is 30.3 Å². The molecule has 2 fully saturated rings. The summed E-state index contributed by atoms with van der Waals surface area (Å²) in [5.41, 5.74) is 1.83. The lowest BCUT2D eigenvalue weighted by molar-refractivity contribution is 0.0436. The highest BCUT2D eigenvalue weighted by Crippen LogP contribution is 2.37. The Balaban J connectivity index is 1.25. The molecular formula is C22H27N3O2. The van der Waals surface area contributed by atoms with E-state index in [4.69, 9.17) is 0 Å². The average Bonchev–Trinajstić information content (AvgIpc) is 3.58. The molecular weight excluding hydrogens is 338 g/mol. The molecule has 1 aliphatic heterocycles. The van der Waals surface area contributed by atoms with Crippen LogP contribution in [0.15, 0.2) is 42.7 Å². The summed E-state index contributed by atoms with van der Waals surface area (Å²) in [5.74, 6) is 1.65. The van der Waals surface area contributed by atoms with Crippen molar-refractivity contribution in [2.75, 3.05) is 13.1 Å². The molecule has 1 aromatic carbocycles. The van der Waals surface area contributed by atoms with E-state index in [1.807, 2.05) is 23.1 Å². The number of carbonyl (C=O) groups excluding carboxylic acids is 1. The standard InChI is InChI=1S/C22H27N3O2/c26-20(9-6-16-4-2-1-3-5-16)17-10-12-25(13-11-17)22(27)19-14-23-21(24-15-19)18-7-8-18/h1-5,14-15,17-18,20,26H,6-13H2. The quantitative estimate of drug-likeness (QED) is 0.854. The van der Waals surface area contributed by atoms with Crippen LogP contribution in [0.4, 0.5) is 0 Å². The summed E-state index contributed by atoms with van der Waals surface area (Å²) >= 11 is 0. The van der Waals surface area contributed by atoms with E-state index < -0.39 is 0 Å². The molecule has 1 saturated heterocycles. The van der Waals surface area contributed by atoms with Gasteiger partial charge in [-0.2, -0.15) is 0 Å². The fourth-order valence-electron chi connectivity index (χ4n) is 3.87. The highest BCUT2D eigenvalue weighted by Gasteiger charge is 2.29. The van der Waals surface area contributed by atoms with Gasteiger partial charge >= 0.3 is 0 Å². The van der Waals surface area contributed by atoms with Crippen molar-refractivity contribution in [1.82, 2.24) is 14.9 Å². The van der Waals surface area contributed by atoms with E-state index in [-0.39, 0.29) is 17.9 Å². The van der Waals surface area contributed by atoms with Crippen molar-refractivity contribution in [1.29, 1.82) is 0 Å². The molecule has 0 spiro atoms. The third-order valence-corrected chi connectivity index (χ3v) is 5.80. The molecule has 1 N–H and O–H groups in total. The van der Waals surface area contributed by atoms with Gasteiger partial charge in [0.25, 0.3) is 5.91 Å². The fourth-order valence-corrected chi connectivity index (χ4v) is 3.87. The van der Waals surface area contributed by atoms with Crippen LogP contribution in [0.5, 0.6) is 0 Å². The van der Waals surface area contributed by atoms with Crippen molar-refractivity contribution in [3.8, 4) is 0 Å². The number of carbonyl (C=O) groups is 1. The lowest BCUT2D eigenvalue weighted by Crippen LogP contribution is -2.41. The van der Waals surface area contributed by atoms with Crippen molar-refractivity contribution >= 4 is 5.91 Å². The summed E-state index contributed by atoms with van der Waals surface area (Å²) in [4.78, 5) is 23.2. The Labute approximate surface area is 160 Å². The fraction of sp³-hybridized carbons (Fsp3) is 0.500. The number of piperidine rings is 1. The number of rotatable bonds is 6. The number of likely N-dealkylation sites (tertiary alicyclic amines) is 1. The molecule has 4 rings (SSSR count). The highest BCUT2D eigenvalue weighted by molar-refractivity contribution is 5.93. The van der Waals surface area contributed by atoms with Gasteiger partial charge < -0.3 is 10.0 Å². The minimum Gasteiger partial charge on any atom is -0.393 e. The lowest BCUT2D eigenvalue weighted by Gasteiger charge is -2.34. The molecule has 5 heteroatoms. The molecule has 2 aliphatic rings. The summed E-state index contributed by atoms with van der Waals surface area (Å²) in [6.07, 6.45) is 8.73. The van der Waals surface area contributed by atoms with Gasteiger partial charge in [-0.25, -0.2) is 9.97 Å². The van der Waals surface area contributed by atoms with Crippen LogP contribution in [-0.4, -0.2) is 45.1 Å². The molecule has 1 amide bonds. The van der Waals surface area contributed by atoms with Crippen LogP contribution in [0.25, 0.3) is 0 Å². The second kappa shape index (κ2) is 8.17. The molecule has 1 unspecified atom stereocenters. The average molecular weight is 365 g/mol. The highest BCUT2D eigenvalue weighted by atomic mass is 16.3. The molecule has 1 aliphatic carbocycles. The normalized spacial score (nSPS) is 19.1. The number of aliphatic hydroxyl groups is 1. The van der Waals surface area contributed by atoms with Gasteiger partial charge in [0.2, 0.25) is 0 Å². The van der Waals surface area contributed by atoms with Crippen molar-refractivity contribution in [2.24, 2.45) is 5.92 Å². The van der Waals surface area contributed by atoms with Crippen LogP contribution in [0, 0.1) is 5.92 Å². The molecule has 142 valence electrons. The zero-order chi connectivity index (χ0) is 18.6. The minimum atomic E-state index is -0.302. The number of nitrogens with zero attached hydrogens (tertiary/aromatic N) is 3. The monoisotopic (exact) mass is 365 g/mol. The van der Waals surface area contributed by atoms with Crippen LogP contribution in [-0.2, 0) is 6.42 Å². The molecule has 1 atom stereocenters. The third kappa shape index (κ3) is 4.53. The summed E-state index contributed by atoms with van der Waals surface area (Å²) in [6.45, 7) is 1.38. The van der Waals surface area contributed by atoms with E-state index in [1.165, 1.54) is 5.56 Å². The van der Waals surface area contributed by atoms with Crippen molar-refractivity contribution in [2.45, 2.75) is 50.5 Å². The Morgan fingerprint density at radius 1 is 1.07 bits per heavy atom. The van der Waals surface area contributed by atoms with Crippen LogP contribution >= 0.6 is 0 Å². The first-order chi connectivity index (χ1) is 13.2. The zero-order valence-corrected chi connectivity index (χ0v) is 15.6. The van der Waals surface area contributed by atoms with Crippen LogP contribution in [0.2, 0.25) is 0 Å². The number of amides is 1. The van der Waals surface area contributed by atoms with Gasteiger partial charge in [-0.15, -0.1) is 0 Å². The lowest BCUT2D eigenvalue weighted by atomic mass is 9.88. The van der Waals surface area contributed by atoms with E-state index in [0.717, 1.165) is 44.3 Å². The van der Waals surface area contributed by atoms with E-state index >= 15 is 0 Å². The zero-order valence-electron chi connectivity index (χ0n) is 15.6. The third-order valence-electron chi connectivity index (χ3n) is 5.80. The minimum absolute atomic E-state index is 0.00886. The number of aliphatic hydroxyl groups excluding tert-OH is 1. The van der Waals surface area contributed by atoms with E-state index in [9.17, 15) is 9.90 Å². The van der Waals surface area contributed by atoms with Gasteiger partial charge in [0.15, 0.2) is 0 Å². The summed E-state index contributed by atoms with van der Waals surface area (Å²) in [7, 11) is 0. The number of aromatic nitrogens is 2. The molecule has 1 saturated carbocycles. The molecule has 5 nitrogen and oxygen atoms in total. The van der Waals surface area contributed by atoms with Crippen molar-refractivity contribution in [3.05, 3.63) is 59.7 Å².